The first-order valence-electron chi connectivity index (χ1n) is 8.23. The van der Waals surface area contributed by atoms with E-state index in [4.69, 9.17) is 5.73 Å². The Morgan fingerprint density at radius 2 is 1.95 bits per heavy atom. The van der Waals surface area contributed by atoms with Crippen molar-refractivity contribution in [3.8, 4) is 0 Å². The van der Waals surface area contributed by atoms with Crippen LogP contribution in [-0.2, 0) is 6.42 Å². The zero-order chi connectivity index (χ0) is 15.5. The molecule has 3 heteroatoms. The zero-order valence-corrected chi connectivity index (χ0v) is 13.7. The van der Waals surface area contributed by atoms with Gasteiger partial charge < -0.3 is 5.73 Å². The molecule has 1 aliphatic rings. The molecule has 2 atom stereocenters. The van der Waals surface area contributed by atoms with E-state index in [2.05, 4.69) is 18.7 Å². The Labute approximate surface area is 128 Å². The average molecular weight is 292 g/mol. The van der Waals surface area contributed by atoms with Crippen molar-refractivity contribution in [2.24, 2.45) is 5.73 Å². The second-order valence-corrected chi connectivity index (χ2v) is 6.64. The van der Waals surface area contributed by atoms with Gasteiger partial charge >= 0.3 is 0 Å². The lowest BCUT2D eigenvalue weighted by Crippen LogP contribution is -2.59. The molecule has 0 aromatic heterocycles. The minimum atomic E-state index is -0.168. The van der Waals surface area contributed by atoms with E-state index in [0.29, 0.717) is 0 Å². The van der Waals surface area contributed by atoms with Crippen molar-refractivity contribution in [2.45, 2.75) is 64.5 Å². The lowest BCUT2D eigenvalue weighted by atomic mass is 9.82. The summed E-state index contributed by atoms with van der Waals surface area (Å²) >= 11 is 0. The summed E-state index contributed by atoms with van der Waals surface area (Å²) in [6.07, 6.45) is 5.63. The predicted octanol–water partition coefficient (Wildman–Crippen LogP) is 3.66. The number of hydrogen-bond acceptors (Lipinski definition) is 2. The van der Waals surface area contributed by atoms with Crippen LogP contribution in [0.3, 0.4) is 0 Å². The van der Waals surface area contributed by atoms with Crippen LogP contribution in [0.5, 0.6) is 0 Å². The number of likely N-dealkylation sites (tertiary alicyclic amines) is 1. The molecule has 2 unspecified atom stereocenters. The number of rotatable bonds is 5. The van der Waals surface area contributed by atoms with Crippen LogP contribution >= 0.6 is 0 Å². The molecule has 0 radical (unpaired) electrons. The number of hydrogen-bond donors (Lipinski definition) is 1. The molecule has 1 heterocycles. The Bertz CT molecular complexity index is 468. The van der Waals surface area contributed by atoms with Crippen molar-refractivity contribution in [2.75, 3.05) is 13.1 Å². The highest BCUT2D eigenvalue weighted by Crippen LogP contribution is 2.28. The number of aryl methyl sites for hydroxylation is 1. The standard InChI is InChI=1S/C18H29FN2/c1-4-18(3,21-10-6-5-7-11-21)17(20)13-15-12-16(19)9-8-14(15)2/h8-9,12,17H,4-7,10-11,13,20H2,1-3H3. The number of nitrogens with two attached hydrogens (primary N) is 1. The van der Waals surface area contributed by atoms with E-state index in [1.54, 1.807) is 6.07 Å². The molecular formula is C18H29FN2. The Hall–Kier alpha value is -0.930. The van der Waals surface area contributed by atoms with Gasteiger partial charge in [0, 0.05) is 11.6 Å². The molecule has 0 bridgehead atoms. The van der Waals surface area contributed by atoms with Crippen LogP contribution in [0.15, 0.2) is 18.2 Å². The maximum Gasteiger partial charge on any atom is 0.123 e. The van der Waals surface area contributed by atoms with E-state index in [1.807, 2.05) is 13.0 Å². The first-order valence-corrected chi connectivity index (χ1v) is 8.23. The topological polar surface area (TPSA) is 29.3 Å². The molecule has 0 saturated carbocycles. The minimum absolute atomic E-state index is 0.000816. The lowest BCUT2D eigenvalue weighted by molar-refractivity contribution is 0.0545. The van der Waals surface area contributed by atoms with Gasteiger partial charge in [0.05, 0.1) is 0 Å². The van der Waals surface area contributed by atoms with Gasteiger partial charge in [0.2, 0.25) is 0 Å². The van der Waals surface area contributed by atoms with E-state index in [9.17, 15) is 4.39 Å². The van der Waals surface area contributed by atoms with Crippen molar-refractivity contribution in [1.82, 2.24) is 4.90 Å². The third-order valence-electron chi connectivity index (χ3n) is 5.34. The van der Waals surface area contributed by atoms with E-state index < -0.39 is 0 Å². The fraction of sp³-hybridized carbons (Fsp3) is 0.667. The highest BCUT2D eigenvalue weighted by atomic mass is 19.1. The molecule has 1 fully saturated rings. The molecule has 1 saturated heterocycles. The van der Waals surface area contributed by atoms with Gasteiger partial charge in [-0.25, -0.2) is 4.39 Å². The molecule has 2 N–H and O–H groups in total. The van der Waals surface area contributed by atoms with Crippen molar-refractivity contribution < 1.29 is 4.39 Å². The summed E-state index contributed by atoms with van der Waals surface area (Å²) in [5.41, 5.74) is 8.75. The van der Waals surface area contributed by atoms with Gasteiger partial charge in [-0.05, 0) is 75.9 Å². The monoisotopic (exact) mass is 292 g/mol. The molecule has 0 spiro atoms. The van der Waals surface area contributed by atoms with Crippen LogP contribution < -0.4 is 5.73 Å². The van der Waals surface area contributed by atoms with Crippen LogP contribution in [0.1, 0.15) is 50.7 Å². The summed E-state index contributed by atoms with van der Waals surface area (Å²) in [7, 11) is 0. The first-order chi connectivity index (χ1) is 9.97. The SMILES string of the molecule is CCC(C)(C(N)Cc1cc(F)ccc1C)N1CCCCC1. The predicted molar refractivity (Wildman–Crippen MR) is 86.9 cm³/mol. The number of piperidine rings is 1. The fourth-order valence-corrected chi connectivity index (χ4v) is 3.44. The molecule has 118 valence electrons. The molecule has 0 aliphatic carbocycles. The molecule has 2 rings (SSSR count). The summed E-state index contributed by atoms with van der Waals surface area (Å²) in [6, 6.07) is 5.04. The lowest BCUT2D eigenvalue weighted by Gasteiger charge is -2.47. The molecule has 1 aromatic rings. The van der Waals surface area contributed by atoms with Gasteiger partial charge in [-0.3, -0.25) is 4.90 Å². The highest BCUT2D eigenvalue weighted by Gasteiger charge is 2.36. The Morgan fingerprint density at radius 3 is 2.57 bits per heavy atom. The average Bonchev–Trinajstić information content (AvgIpc) is 2.51. The molecule has 1 aromatic carbocycles. The van der Waals surface area contributed by atoms with Crippen LogP contribution in [0, 0.1) is 12.7 Å². The van der Waals surface area contributed by atoms with E-state index in [0.717, 1.165) is 37.1 Å². The van der Waals surface area contributed by atoms with Crippen LogP contribution in [0.25, 0.3) is 0 Å². The van der Waals surface area contributed by atoms with Gasteiger partial charge in [0.15, 0.2) is 0 Å². The maximum absolute atomic E-state index is 13.5. The summed E-state index contributed by atoms with van der Waals surface area (Å²) in [4.78, 5) is 2.55. The first kappa shape index (κ1) is 16.4. The zero-order valence-electron chi connectivity index (χ0n) is 13.7. The van der Waals surface area contributed by atoms with Crippen LogP contribution in [-0.4, -0.2) is 29.6 Å². The Balaban J connectivity index is 2.15. The molecule has 1 aliphatic heterocycles. The smallest absolute Gasteiger partial charge is 0.123 e. The third-order valence-corrected chi connectivity index (χ3v) is 5.34. The molecular weight excluding hydrogens is 263 g/mol. The summed E-state index contributed by atoms with van der Waals surface area (Å²) < 4.78 is 13.5. The number of halogens is 1. The summed E-state index contributed by atoms with van der Waals surface area (Å²) in [5.74, 6) is -0.168. The quantitative estimate of drug-likeness (QED) is 0.897. The van der Waals surface area contributed by atoms with E-state index in [-0.39, 0.29) is 17.4 Å². The van der Waals surface area contributed by atoms with Crippen molar-refractivity contribution in [1.29, 1.82) is 0 Å². The normalized spacial score (nSPS) is 21.0. The second kappa shape index (κ2) is 6.89. The van der Waals surface area contributed by atoms with Crippen LogP contribution in [0.4, 0.5) is 4.39 Å². The number of nitrogens with zero attached hydrogens (tertiary/aromatic N) is 1. The van der Waals surface area contributed by atoms with E-state index in [1.165, 1.54) is 25.3 Å². The molecule has 21 heavy (non-hydrogen) atoms. The largest absolute Gasteiger partial charge is 0.326 e. The fourth-order valence-electron chi connectivity index (χ4n) is 3.44. The Morgan fingerprint density at radius 1 is 1.29 bits per heavy atom. The molecule has 2 nitrogen and oxygen atoms in total. The van der Waals surface area contributed by atoms with Crippen LogP contribution in [0.2, 0.25) is 0 Å². The maximum atomic E-state index is 13.5. The van der Waals surface area contributed by atoms with Gasteiger partial charge in [0.1, 0.15) is 5.82 Å². The van der Waals surface area contributed by atoms with Crippen molar-refractivity contribution >= 4 is 0 Å². The van der Waals surface area contributed by atoms with Gasteiger partial charge in [-0.2, -0.15) is 0 Å². The number of benzene rings is 1. The minimum Gasteiger partial charge on any atom is -0.326 e. The van der Waals surface area contributed by atoms with Gasteiger partial charge in [-0.1, -0.05) is 19.4 Å². The molecule has 0 amide bonds. The highest BCUT2D eigenvalue weighted by molar-refractivity contribution is 5.28. The second-order valence-electron chi connectivity index (χ2n) is 6.64. The van der Waals surface area contributed by atoms with Gasteiger partial charge in [0.25, 0.3) is 0 Å². The van der Waals surface area contributed by atoms with Crippen molar-refractivity contribution in [3.63, 3.8) is 0 Å². The van der Waals surface area contributed by atoms with Gasteiger partial charge in [-0.15, -0.1) is 0 Å². The van der Waals surface area contributed by atoms with E-state index >= 15 is 0 Å². The van der Waals surface area contributed by atoms with Crippen molar-refractivity contribution in [3.05, 3.63) is 35.1 Å². The summed E-state index contributed by atoms with van der Waals surface area (Å²) in [5, 5.41) is 0. The third kappa shape index (κ3) is 3.64. The Kier molecular flexibility index (Phi) is 5.39. The summed E-state index contributed by atoms with van der Waals surface area (Å²) in [6.45, 7) is 8.80.